The largest absolute Gasteiger partial charge is 0.455 e. The van der Waals surface area contributed by atoms with E-state index in [-0.39, 0.29) is 29.6 Å². The second-order valence-electron chi connectivity index (χ2n) is 9.11. The predicted octanol–water partition coefficient (Wildman–Crippen LogP) is 5.13. The summed E-state index contributed by atoms with van der Waals surface area (Å²) in [7, 11) is 0. The summed E-state index contributed by atoms with van der Waals surface area (Å²) in [4.78, 5) is 29.8. The van der Waals surface area contributed by atoms with E-state index in [1.54, 1.807) is 30.6 Å². The minimum absolute atomic E-state index is 0.00247. The number of carbonyl (C=O) groups is 1. The van der Waals surface area contributed by atoms with Gasteiger partial charge in [0.2, 0.25) is 0 Å². The van der Waals surface area contributed by atoms with Gasteiger partial charge in [-0.2, -0.15) is 0 Å². The molecule has 10 heteroatoms. The zero-order chi connectivity index (χ0) is 26.1. The van der Waals surface area contributed by atoms with Gasteiger partial charge in [-0.1, -0.05) is 29.8 Å². The predicted molar refractivity (Wildman–Crippen MR) is 144 cm³/mol. The van der Waals surface area contributed by atoms with E-state index in [0.29, 0.717) is 46.1 Å². The van der Waals surface area contributed by atoms with Gasteiger partial charge in [-0.05, 0) is 37.1 Å². The van der Waals surface area contributed by atoms with Crippen LogP contribution in [0.2, 0.25) is 5.02 Å². The Morgan fingerprint density at radius 3 is 2.84 bits per heavy atom. The molecule has 0 aliphatic carbocycles. The second-order valence-corrected chi connectivity index (χ2v) is 9.52. The van der Waals surface area contributed by atoms with Crippen molar-refractivity contribution in [3.05, 3.63) is 83.4 Å². The number of aromatic nitrogens is 4. The molecule has 2 aromatic carbocycles. The number of aromatic amines is 1. The summed E-state index contributed by atoms with van der Waals surface area (Å²) in [5, 5.41) is 14.5. The monoisotopic (exact) mass is 529 g/mol. The van der Waals surface area contributed by atoms with Crippen molar-refractivity contribution >= 4 is 45.1 Å². The first kappa shape index (κ1) is 24.3. The Morgan fingerprint density at radius 1 is 1.13 bits per heavy atom. The lowest BCUT2D eigenvalue weighted by Gasteiger charge is -2.29. The topological polar surface area (TPSA) is 122 Å². The maximum Gasteiger partial charge on any atom is 0.196 e. The van der Waals surface area contributed by atoms with Gasteiger partial charge in [0.1, 0.15) is 29.1 Å². The second kappa shape index (κ2) is 10.4. The van der Waals surface area contributed by atoms with Crippen LogP contribution in [0.1, 0.15) is 28.8 Å². The Labute approximate surface area is 222 Å². The highest BCUT2D eigenvalue weighted by molar-refractivity contribution is 6.35. The molecule has 0 unspecified atom stereocenters. The average molecular weight is 530 g/mol. The van der Waals surface area contributed by atoms with E-state index in [4.69, 9.17) is 21.1 Å². The normalized spacial score (nSPS) is 17.5. The van der Waals surface area contributed by atoms with Crippen molar-refractivity contribution in [2.75, 3.05) is 18.5 Å². The van der Waals surface area contributed by atoms with Crippen LogP contribution in [-0.2, 0) is 4.74 Å². The third kappa shape index (κ3) is 4.67. The molecule has 9 nitrogen and oxygen atoms in total. The number of H-pyrrole nitrogens is 1. The number of para-hydroxylation sites is 1. The number of halogens is 1. The Kier molecular flexibility index (Phi) is 6.63. The maximum atomic E-state index is 13.6. The van der Waals surface area contributed by atoms with Crippen LogP contribution in [0.25, 0.3) is 21.9 Å². The fourth-order valence-corrected chi connectivity index (χ4v) is 4.94. The van der Waals surface area contributed by atoms with Crippen LogP contribution >= 0.6 is 11.6 Å². The van der Waals surface area contributed by atoms with Crippen molar-refractivity contribution in [1.29, 1.82) is 0 Å². The van der Waals surface area contributed by atoms with Crippen LogP contribution < -0.4 is 10.1 Å². The molecule has 2 atom stereocenters. The standard InChI is InChI=1S/C28H24ClN5O4/c29-22-11-18(38-23-5-1-3-16-4-2-10-30-25(16)23)8-9-20(22)26(36)21-12-31-27-24(21)28(33-15-32-27)34-17-6-7-19(13-35)37-14-17/h1-5,8-12,15,17,19,35H,6-7,13-14H2,(H2,31,32,33,34)/t17-,19+/m1/s1. The number of fused-ring (bicyclic) bond motifs is 2. The van der Waals surface area contributed by atoms with Crippen molar-refractivity contribution in [2.24, 2.45) is 0 Å². The number of aliphatic hydroxyl groups is 1. The molecule has 1 saturated heterocycles. The molecule has 38 heavy (non-hydrogen) atoms. The lowest BCUT2D eigenvalue weighted by atomic mass is 10.0. The number of pyridine rings is 1. The molecular formula is C28H24ClN5O4. The molecule has 0 saturated carbocycles. The van der Waals surface area contributed by atoms with Gasteiger partial charge < -0.3 is 24.9 Å². The molecule has 4 heterocycles. The van der Waals surface area contributed by atoms with Gasteiger partial charge in [-0.3, -0.25) is 9.78 Å². The number of rotatable bonds is 7. The van der Waals surface area contributed by atoms with Crippen LogP contribution in [0.3, 0.4) is 0 Å². The number of ether oxygens (including phenoxy) is 2. The molecule has 6 rings (SSSR count). The van der Waals surface area contributed by atoms with E-state index in [2.05, 4.69) is 25.3 Å². The minimum Gasteiger partial charge on any atom is -0.455 e. The number of carbonyl (C=O) groups excluding carboxylic acids is 1. The zero-order valence-electron chi connectivity index (χ0n) is 20.2. The van der Waals surface area contributed by atoms with Gasteiger partial charge in [-0.25, -0.2) is 9.97 Å². The van der Waals surface area contributed by atoms with Gasteiger partial charge in [0.25, 0.3) is 0 Å². The Hall–Kier alpha value is -4.05. The third-order valence-electron chi connectivity index (χ3n) is 6.64. The number of aliphatic hydroxyl groups excluding tert-OH is 1. The van der Waals surface area contributed by atoms with Crippen LogP contribution in [-0.4, -0.2) is 56.2 Å². The molecule has 0 radical (unpaired) electrons. The number of benzene rings is 2. The first-order valence-corrected chi connectivity index (χ1v) is 12.7. The molecule has 1 aliphatic heterocycles. The Balaban J connectivity index is 1.27. The maximum absolute atomic E-state index is 13.6. The van der Waals surface area contributed by atoms with Gasteiger partial charge in [0.15, 0.2) is 11.5 Å². The highest BCUT2D eigenvalue weighted by atomic mass is 35.5. The molecule has 3 aromatic heterocycles. The number of nitrogens with zero attached hydrogens (tertiary/aromatic N) is 3. The number of hydrogen-bond acceptors (Lipinski definition) is 8. The SMILES string of the molecule is O=C(c1ccc(Oc2cccc3cccnc23)cc1Cl)c1c[nH]c2ncnc(N[C@@H]3CC[C@@H](CO)OC3)c12. The molecule has 3 N–H and O–H groups in total. The van der Waals surface area contributed by atoms with E-state index in [0.717, 1.165) is 23.7 Å². The number of anilines is 1. The fraction of sp³-hybridized carbons (Fsp3) is 0.214. The van der Waals surface area contributed by atoms with Gasteiger partial charge in [-0.15, -0.1) is 0 Å². The summed E-state index contributed by atoms with van der Waals surface area (Å²) in [5.41, 5.74) is 2.01. The highest BCUT2D eigenvalue weighted by Gasteiger charge is 2.25. The first-order chi connectivity index (χ1) is 18.6. The van der Waals surface area contributed by atoms with Crippen LogP contribution in [0, 0.1) is 0 Å². The quantitative estimate of drug-likeness (QED) is 0.248. The summed E-state index contributed by atoms with van der Waals surface area (Å²) in [6.07, 6.45) is 6.18. The molecule has 1 aliphatic rings. The lowest BCUT2D eigenvalue weighted by Crippen LogP contribution is -2.36. The molecule has 0 amide bonds. The molecule has 5 aromatic rings. The van der Waals surface area contributed by atoms with Crippen molar-refractivity contribution in [3.63, 3.8) is 0 Å². The van der Waals surface area contributed by atoms with Gasteiger partial charge in [0, 0.05) is 29.4 Å². The third-order valence-corrected chi connectivity index (χ3v) is 6.95. The van der Waals surface area contributed by atoms with E-state index in [9.17, 15) is 9.90 Å². The Morgan fingerprint density at radius 2 is 2.03 bits per heavy atom. The lowest BCUT2D eigenvalue weighted by molar-refractivity contribution is -0.0224. The Bertz CT molecular complexity index is 1630. The van der Waals surface area contributed by atoms with E-state index in [1.807, 2.05) is 30.3 Å². The summed E-state index contributed by atoms with van der Waals surface area (Å²) >= 11 is 6.59. The van der Waals surface area contributed by atoms with Crippen molar-refractivity contribution in [2.45, 2.75) is 25.0 Å². The molecular weight excluding hydrogens is 506 g/mol. The molecule has 0 spiro atoms. The summed E-state index contributed by atoms with van der Waals surface area (Å²) in [6, 6.07) is 14.5. The van der Waals surface area contributed by atoms with E-state index >= 15 is 0 Å². The number of nitrogens with one attached hydrogen (secondary N) is 2. The molecule has 192 valence electrons. The minimum atomic E-state index is -0.266. The first-order valence-electron chi connectivity index (χ1n) is 12.3. The summed E-state index contributed by atoms with van der Waals surface area (Å²) < 4.78 is 11.7. The van der Waals surface area contributed by atoms with Crippen molar-refractivity contribution < 1.29 is 19.4 Å². The van der Waals surface area contributed by atoms with Gasteiger partial charge >= 0.3 is 0 Å². The van der Waals surface area contributed by atoms with Gasteiger partial charge in [0.05, 0.1) is 41.3 Å². The van der Waals surface area contributed by atoms with E-state index in [1.165, 1.54) is 6.33 Å². The smallest absolute Gasteiger partial charge is 0.196 e. The average Bonchev–Trinajstić information content (AvgIpc) is 3.39. The number of ketones is 1. The zero-order valence-corrected chi connectivity index (χ0v) is 21.0. The van der Waals surface area contributed by atoms with Crippen LogP contribution in [0.5, 0.6) is 11.5 Å². The van der Waals surface area contributed by atoms with Crippen LogP contribution in [0.15, 0.2) is 67.3 Å². The van der Waals surface area contributed by atoms with E-state index < -0.39 is 0 Å². The van der Waals surface area contributed by atoms with Crippen molar-refractivity contribution in [3.8, 4) is 11.5 Å². The summed E-state index contributed by atoms with van der Waals surface area (Å²) in [6.45, 7) is 0.439. The number of hydrogen-bond donors (Lipinski definition) is 3. The van der Waals surface area contributed by atoms with Crippen molar-refractivity contribution in [1.82, 2.24) is 19.9 Å². The highest BCUT2D eigenvalue weighted by Crippen LogP contribution is 2.33. The summed E-state index contributed by atoms with van der Waals surface area (Å²) in [5.74, 6) is 1.36. The van der Waals surface area contributed by atoms with Crippen LogP contribution in [0.4, 0.5) is 5.82 Å². The molecule has 1 fully saturated rings. The molecule has 0 bridgehead atoms. The fourth-order valence-electron chi connectivity index (χ4n) is 4.68.